The maximum atomic E-state index is 12.2. The molecule has 2 N–H and O–H groups in total. The number of benzene rings is 1. The van der Waals surface area contributed by atoms with Crippen LogP contribution in [-0.2, 0) is 0 Å². The van der Waals surface area contributed by atoms with E-state index in [9.17, 15) is 4.79 Å². The summed E-state index contributed by atoms with van der Waals surface area (Å²) < 4.78 is 0.570. The number of primary amides is 1. The second-order valence-corrected chi connectivity index (χ2v) is 10.2. The van der Waals surface area contributed by atoms with Gasteiger partial charge in [-0.3, -0.25) is 4.90 Å². The fourth-order valence-electron chi connectivity index (χ4n) is 5.91. The van der Waals surface area contributed by atoms with Gasteiger partial charge in [0.25, 0.3) is 0 Å². The lowest BCUT2D eigenvalue weighted by atomic mass is 9.82. The summed E-state index contributed by atoms with van der Waals surface area (Å²) in [5.41, 5.74) is 6.88. The number of nitrogens with zero attached hydrogens (tertiary/aromatic N) is 3. The van der Waals surface area contributed by atoms with E-state index in [1.54, 1.807) is 0 Å². The van der Waals surface area contributed by atoms with Crippen molar-refractivity contribution in [1.29, 1.82) is 0 Å². The number of rotatable bonds is 5. The summed E-state index contributed by atoms with van der Waals surface area (Å²) in [5.74, 6) is 0.789. The van der Waals surface area contributed by atoms with Crippen molar-refractivity contribution in [2.45, 2.75) is 51.0 Å². The molecule has 7 heteroatoms. The Morgan fingerprint density at radius 3 is 2.33 bits per heavy atom. The first kappa shape index (κ1) is 22.2. The molecule has 0 spiro atoms. The van der Waals surface area contributed by atoms with E-state index in [4.69, 9.17) is 28.9 Å². The zero-order valence-corrected chi connectivity index (χ0v) is 19.4. The Morgan fingerprint density at radius 1 is 1.03 bits per heavy atom. The van der Waals surface area contributed by atoms with Crippen molar-refractivity contribution in [1.82, 2.24) is 4.90 Å². The summed E-state index contributed by atoms with van der Waals surface area (Å²) in [6, 6.07) is 6.25. The predicted octanol–water partition coefficient (Wildman–Crippen LogP) is 4.75. The highest BCUT2D eigenvalue weighted by atomic mass is 35.5. The van der Waals surface area contributed by atoms with Crippen molar-refractivity contribution in [3.8, 4) is 0 Å². The number of nitrogens with two attached hydrogens (primary N) is 1. The number of piperazine rings is 1. The molecule has 0 radical (unpaired) electrons. The Kier molecular flexibility index (Phi) is 7.13. The normalized spacial score (nSPS) is 27.3. The summed E-state index contributed by atoms with van der Waals surface area (Å²) in [4.78, 5) is 17.1. The smallest absolute Gasteiger partial charge is 0.368 e. The first-order valence-corrected chi connectivity index (χ1v) is 12.3. The molecule has 5 nitrogen and oxygen atoms in total. The molecule has 1 aromatic rings. The molecule has 1 aliphatic carbocycles. The molecule has 3 aliphatic rings. The second-order valence-electron chi connectivity index (χ2n) is 9.39. The van der Waals surface area contributed by atoms with Gasteiger partial charge < -0.3 is 10.6 Å². The van der Waals surface area contributed by atoms with Crippen LogP contribution < -0.4 is 10.6 Å². The van der Waals surface area contributed by atoms with Crippen LogP contribution in [0.3, 0.4) is 0 Å². The van der Waals surface area contributed by atoms with Gasteiger partial charge in [0, 0.05) is 51.9 Å². The van der Waals surface area contributed by atoms with Crippen LogP contribution in [0.5, 0.6) is 0 Å². The highest BCUT2D eigenvalue weighted by Crippen LogP contribution is 2.37. The Morgan fingerprint density at radius 2 is 1.70 bits per heavy atom. The average Bonchev–Trinajstić information content (AvgIpc) is 3.27. The van der Waals surface area contributed by atoms with E-state index in [1.807, 2.05) is 12.1 Å². The van der Waals surface area contributed by atoms with Crippen molar-refractivity contribution in [2.24, 2.45) is 11.7 Å². The number of carbonyl (C=O) groups is 1. The summed E-state index contributed by atoms with van der Waals surface area (Å²) in [6.07, 6.45) is 8.38. The van der Waals surface area contributed by atoms with Gasteiger partial charge in [-0.05, 0) is 43.9 Å². The molecule has 2 aliphatic heterocycles. The molecule has 1 aromatic carbocycles. The third-order valence-electron chi connectivity index (χ3n) is 7.82. The molecule has 30 heavy (non-hydrogen) atoms. The lowest BCUT2D eigenvalue weighted by Gasteiger charge is -2.41. The predicted molar refractivity (Wildman–Crippen MR) is 124 cm³/mol. The highest BCUT2D eigenvalue weighted by molar-refractivity contribution is 6.43. The summed E-state index contributed by atoms with van der Waals surface area (Å²) in [6.45, 7) is 7.22. The topological polar surface area (TPSA) is 49.6 Å². The Balaban J connectivity index is 1.21. The number of anilines is 1. The standard InChI is InChI=1S/C23H34Cl2N4O/c24-20-4-3-5-21(22(20)25)28-14-12-27(13-15-28)11-10-18-6-8-19(9-7-18)29(23(26)30)16-1-2-17-29/h3-5,18-19H,1-2,6-17H2,(H-,26,30)/p+1/t18-,19-. The lowest BCUT2D eigenvalue weighted by Crippen LogP contribution is -2.60. The highest BCUT2D eigenvalue weighted by Gasteiger charge is 2.46. The summed E-state index contributed by atoms with van der Waals surface area (Å²) >= 11 is 12.6. The quantitative estimate of drug-likeness (QED) is 0.653. The molecule has 0 unspecified atom stereocenters. The largest absolute Gasteiger partial charge is 0.414 e. The molecular weight excluding hydrogens is 419 g/mol. The van der Waals surface area contributed by atoms with Crippen molar-refractivity contribution in [3.05, 3.63) is 28.2 Å². The minimum absolute atomic E-state index is 0.0892. The molecule has 0 aromatic heterocycles. The van der Waals surface area contributed by atoms with Gasteiger partial charge in [0.1, 0.15) is 0 Å². The van der Waals surface area contributed by atoms with Crippen LogP contribution in [0.25, 0.3) is 0 Å². The molecule has 3 fully saturated rings. The van der Waals surface area contributed by atoms with Gasteiger partial charge in [0.2, 0.25) is 0 Å². The number of halogens is 2. The molecule has 2 saturated heterocycles. The van der Waals surface area contributed by atoms with Crippen molar-refractivity contribution in [2.75, 3.05) is 50.7 Å². The average molecular weight is 454 g/mol. The van der Waals surface area contributed by atoms with E-state index in [0.717, 1.165) is 76.6 Å². The number of urea groups is 1. The number of hydrogen-bond acceptors (Lipinski definition) is 3. The molecule has 2 amide bonds. The Labute approximate surface area is 190 Å². The van der Waals surface area contributed by atoms with Crippen LogP contribution in [0.2, 0.25) is 10.0 Å². The molecule has 2 heterocycles. The zero-order chi connectivity index (χ0) is 21.1. The molecule has 166 valence electrons. The second kappa shape index (κ2) is 9.64. The van der Waals surface area contributed by atoms with Gasteiger partial charge in [-0.15, -0.1) is 0 Å². The zero-order valence-electron chi connectivity index (χ0n) is 17.9. The van der Waals surface area contributed by atoms with Gasteiger partial charge in [-0.25, -0.2) is 9.28 Å². The van der Waals surface area contributed by atoms with Gasteiger partial charge in [0.15, 0.2) is 0 Å². The Bertz CT molecular complexity index is 737. The summed E-state index contributed by atoms with van der Waals surface area (Å²) in [7, 11) is 0. The van der Waals surface area contributed by atoms with E-state index in [0.29, 0.717) is 20.6 Å². The number of quaternary nitrogens is 1. The van der Waals surface area contributed by atoms with Gasteiger partial charge in [-0.2, -0.15) is 0 Å². The molecule has 1 saturated carbocycles. The number of likely N-dealkylation sites (tertiary alicyclic amines) is 1. The van der Waals surface area contributed by atoms with E-state index in [-0.39, 0.29) is 6.03 Å². The first-order valence-electron chi connectivity index (χ1n) is 11.6. The number of carbonyl (C=O) groups excluding carboxylic acids is 1. The minimum atomic E-state index is -0.0892. The van der Waals surface area contributed by atoms with Crippen LogP contribution in [0, 0.1) is 5.92 Å². The molecule has 0 bridgehead atoms. The van der Waals surface area contributed by atoms with Crippen molar-refractivity contribution < 1.29 is 9.28 Å². The monoisotopic (exact) mass is 453 g/mol. The molecular formula is C23H35Cl2N4O+. The SMILES string of the molecule is NC(=O)[N+]1([C@H]2CC[C@H](CCN3CCN(c4cccc(Cl)c4Cl)CC3)CC2)CCCC1. The maximum Gasteiger partial charge on any atom is 0.414 e. The van der Waals surface area contributed by atoms with Gasteiger partial charge >= 0.3 is 6.03 Å². The van der Waals surface area contributed by atoms with Gasteiger partial charge in [-0.1, -0.05) is 29.3 Å². The van der Waals surface area contributed by atoms with Gasteiger partial charge in [0.05, 0.1) is 34.9 Å². The third-order valence-corrected chi connectivity index (χ3v) is 8.63. The Hall–Kier alpha value is -1.01. The van der Waals surface area contributed by atoms with E-state index in [1.165, 1.54) is 25.8 Å². The fourth-order valence-corrected chi connectivity index (χ4v) is 6.32. The van der Waals surface area contributed by atoms with E-state index >= 15 is 0 Å². The lowest BCUT2D eigenvalue weighted by molar-refractivity contribution is -0.864. The molecule has 0 atom stereocenters. The van der Waals surface area contributed by atoms with Crippen molar-refractivity contribution >= 4 is 34.9 Å². The first-order chi connectivity index (χ1) is 14.5. The van der Waals surface area contributed by atoms with E-state index in [2.05, 4.69) is 15.9 Å². The van der Waals surface area contributed by atoms with Crippen LogP contribution in [0.15, 0.2) is 18.2 Å². The maximum absolute atomic E-state index is 12.2. The van der Waals surface area contributed by atoms with Crippen LogP contribution in [-0.4, -0.2) is 67.3 Å². The third kappa shape index (κ3) is 4.59. The van der Waals surface area contributed by atoms with E-state index < -0.39 is 0 Å². The fraction of sp³-hybridized carbons (Fsp3) is 0.696. The summed E-state index contributed by atoms with van der Waals surface area (Å²) in [5, 5.41) is 1.29. The molecule has 4 rings (SSSR count). The number of amides is 2. The van der Waals surface area contributed by atoms with Crippen molar-refractivity contribution in [3.63, 3.8) is 0 Å². The van der Waals surface area contributed by atoms with Crippen LogP contribution in [0.1, 0.15) is 44.9 Å². The minimum Gasteiger partial charge on any atom is -0.368 e. The van der Waals surface area contributed by atoms with Crippen LogP contribution >= 0.6 is 23.2 Å². The number of hydrogen-bond donors (Lipinski definition) is 1. The van der Waals surface area contributed by atoms with Crippen LogP contribution in [0.4, 0.5) is 10.5 Å².